The van der Waals surface area contributed by atoms with Crippen molar-refractivity contribution in [3.05, 3.63) is 34.1 Å². The molecule has 0 heterocycles. The first-order valence-corrected chi connectivity index (χ1v) is 11.7. The van der Waals surface area contributed by atoms with Gasteiger partial charge in [0.25, 0.3) is 0 Å². The van der Waals surface area contributed by atoms with E-state index in [1.807, 2.05) is 6.20 Å². The van der Waals surface area contributed by atoms with E-state index in [1.165, 1.54) is 11.3 Å². The van der Waals surface area contributed by atoms with Crippen molar-refractivity contribution in [1.29, 1.82) is 0 Å². The molecule has 0 saturated carbocycles. The van der Waals surface area contributed by atoms with Gasteiger partial charge in [0.1, 0.15) is 6.71 Å². The van der Waals surface area contributed by atoms with Crippen molar-refractivity contribution in [2.75, 3.05) is 0 Å². The number of rotatable bonds is 6. The van der Waals surface area contributed by atoms with E-state index in [0.717, 1.165) is 6.42 Å². The molecule has 0 N–H and O–H groups in total. The maximum Gasteiger partial charge on any atom is 0.145 e. The van der Waals surface area contributed by atoms with Gasteiger partial charge in [0, 0.05) is 11.9 Å². The van der Waals surface area contributed by atoms with Crippen LogP contribution in [0.15, 0.2) is 39.1 Å². The third kappa shape index (κ3) is 5.36. The van der Waals surface area contributed by atoms with Crippen molar-refractivity contribution in [2.24, 2.45) is 28.2 Å². The van der Waals surface area contributed by atoms with Crippen LogP contribution in [0.3, 0.4) is 0 Å². The van der Waals surface area contributed by atoms with Crippen LogP contribution in [0.2, 0.25) is 19.0 Å². The Morgan fingerprint density at radius 1 is 1.07 bits per heavy atom. The molecule has 2 unspecified atom stereocenters. The van der Waals surface area contributed by atoms with Crippen LogP contribution in [0.1, 0.15) is 89.5 Å². The number of nitrogens with zero attached hydrogens (tertiary/aromatic N) is 1. The highest BCUT2D eigenvalue weighted by Gasteiger charge is 2.50. The van der Waals surface area contributed by atoms with Crippen LogP contribution >= 0.6 is 0 Å². The fraction of sp³-hybridized carbons (Fsp3) is 0.741. The zero-order chi connectivity index (χ0) is 22.9. The molecule has 0 fully saturated rings. The van der Waals surface area contributed by atoms with Crippen molar-refractivity contribution < 1.29 is 0 Å². The van der Waals surface area contributed by atoms with E-state index in [9.17, 15) is 0 Å². The smallest absolute Gasteiger partial charge is 0.145 e. The standard InChI is InChI=1S/C27H48BN/c1-17(2)16-29-20(7)15-22-25(26(9,10)11)23(18(3)4)21(8)24(19(5)6)27(22,12)28(13)14/h16,18-19,22H,15H2,1-14H3/b29-20+. The quantitative estimate of drug-likeness (QED) is 0.313. The minimum atomic E-state index is 0.140. The van der Waals surface area contributed by atoms with E-state index < -0.39 is 0 Å². The molecule has 0 aromatic rings. The molecule has 0 saturated heterocycles. The Kier molecular flexibility index (Phi) is 8.42. The van der Waals surface area contributed by atoms with Crippen LogP contribution in [-0.2, 0) is 0 Å². The largest absolute Gasteiger partial charge is 0.266 e. The summed E-state index contributed by atoms with van der Waals surface area (Å²) in [6, 6.07) is 0. The first kappa shape index (κ1) is 26.0. The molecule has 0 radical (unpaired) electrons. The van der Waals surface area contributed by atoms with Crippen molar-refractivity contribution in [1.82, 2.24) is 0 Å². The van der Waals surface area contributed by atoms with Gasteiger partial charge in [0.05, 0.1) is 0 Å². The van der Waals surface area contributed by atoms with E-state index in [1.54, 1.807) is 22.3 Å². The Labute approximate surface area is 183 Å². The molecule has 0 aliphatic heterocycles. The second-order valence-electron chi connectivity index (χ2n) is 11.7. The van der Waals surface area contributed by atoms with Gasteiger partial charge in [0.2, 0.25) is 0 Å². The highest BCUT2D eigenvalue weighted by molar-refractivity contribution is 6.60. The number of hydrogen-bond acceptors (Lipinski definition) is 1. The van der Waals surface area contributed by atoms with Gasteiger partial charge in [-0.15, -0.1) is 0 Å². The van der Waals surface area contributed by atoms with Crippen molar-refractivity contribution >= 4 is 12.4 Å². The summed E-state index contributed by atoms with van der Waals surface area (Å²) in [5.74, 6) is 1.57. The second-order valence-corrected chi connectivity index (χ2v) is 11.7. The third-order valence-electron chi connectivity index (χ3n) is 6.96. The molecule has 2 heteroatoms. The molecule has 1 aliphatic rings. The molecule has 2 atom stereocenters. The predicted octanol–water partition coefficient (Wildman–Crippen LogP) is 8.88. The molecule has 0 aromatic carbocycles. The van der Waals surface area contributed by atoms with E-state index in [2.05, 4.69) is 96.7 Å². The first-order valence-electron chi connectivity index (χ1n) is 11.7. The van der Waals surface area contributed by atoms with Crippen LogP contribution in [0.25, 0.3) is 0 Å². The van der Waals surface area contributed by atoms with Gasteiger partial charge in [-0.25, -0.2) is 0 Å². The third-order valence-corrected chi connectivity index (χ3v) is 6.96. The summed E-state index contributed by atoms with van der Waals surface area (Å²) in [6.07, 6.45) is 3.06. The summed E-state index contributed by atoms with van der Waals surface area (Å²) in [5, 5.41) is 0.140. The van der Waals surface area contributed by atoms with Crippen LogP contribution < -0.4 is 0 Å². The summed E-state index contributed by atoms with van der Waals surface area (Å²) >= 11 is 0. The average Bonchev–Trinajstić information content (AvgIpc) is 2.53. The fourth-order valence-electron chi connectivity index (χ4n) is 5.77. The van der Waals surface area contributed by atoms with Gasteiger partial charge in [0.15, 0.2) is 0 Å². The number of aliphatic imine (C=N–C) groups is 1. The maximum absolute atomic E-state index is 4.83. The summed E-state index contributed by atoms with van der Waals surface area (Å²) in [5.41, 5.74) is 9.15. The van der Waals surface area contributed by atoms with Gasteiger partial charge in [-0.05, 0) is 73.7 Å². The molecular weight excluding hydrogens is 349 g/mol. The van der Waals surface area contributed by atoms with Crippen molar-refractivity contribution in [3.63, 3.8) is 0 Å². The lowest BCUT2D eigenvalue weighted by Crippen LogP contribution is -2.44. The highest BCUT2D eigenvalue weighted by Crippen LogP contribution is 2.62. The van der Waals surface area contributed by atoms with E-state index in [4.69, 9.17) is 4.99 Å². The molecule has 0 amide bonds. The Balaban J connectivity index is 3.94. The lowest BCUT2D eigenvalue weighted by Gasteiger charge is -2.53. The maximum atomic E-state index is 4.83. The molecular formula is C27H48BN. The van der Waals surface area contributed by atoms with Crippen LogP contribution in [-0.4, -0.2) is 12.4 Å². The van der Waals surface area contributed by atoms with Crippen LogP contribution in [0.4, 0.5) is 0 Å². The van der Waals surface area contributed by atoms with E-state index in [-0.39, 0.29) is 10.7 Å². The lowest BCUT2D eigenvalue weighted by atomic mass is 9.28. The van der Waals surface area contributed by atoms with E-state index in [0.29, 0.717) is 24.5 Å². The van der Waals surface area contributed by atoms with E-state index >= 15 is 0 Å². The Hall–Kier alpha value is -1.05. The second kappa shape index (κ2) is 9.40. The van der Waals surface area contributed by atoms with Crippen LogP contribution in [0, 0.1) is 23.2 Å². The van der Waals surface area contributed by atoms with Crippen molar-refractivity contribution in [2.45, 2.75) is 108 Å². The average molecular weight is 398 g/mol. The van der Waals surface area contributed by atoms with Gasteiger partial charge < -0.3 is 0 Å². The fourth-order valence-corrected chi connectivity index (χ4v) is 5.77. The molecule has 0 bridgehead atoms. The molecule has 1 nitrogen and oxygen atoms in total. The number of allylic oxidation sites excluding steroid dienone is 5. The number of hydrogen-bond donors (Lipinski definition) is 0. The topological polar surface area (TPSA) is 12.4 Å². The molecule has 1 rings (SSSR count). The lowest BCUT2D eigenvalue weighted by molar-refractivity contribution is 0.344. The Morgan fingerprint density at radius 3 is 1.93 bits per heavy atom. The SMILES string of the molecule is CB(C)C1(C)C(C(C)C)=C(C)C(C(C)C)=C(C(C)(C)C)C1C/C(C)=N/C=C(C)C. The normalized spacial score (nSPS) is 24.0. The van der Waals surface area contributed by atoms with Crippen molar-refractivity contribution in [3.8, 4) is 0 Å². The van der Waals surface area contributed by atoms with Gasteiger partial charge in [-0.3, -0.25) is 4.99 Å². The minimum Gasteiger partial charge on any atom is -0.266 e. The van der Waals surface area contributed by atoms with Gasteiger partial charge >= 0.3 is 0 Å². The Bertz CT molecular complexity index is 718. The van der Waals surface area contributed by atoms with Gasteiger partial charge in [-0.2, -0.15) is 0 Å². The predicted molar refractivity (Wildman–Crippen MR) is 135 cm³/mol. The first-order chi connectivity index (χ1) is 13.1. The zero-order valence-electron chi connectivity index (χ0n) is 22.0. The zero-order valence-corrected chi connectivity index (χ0v) is 22.0. The molecule has 1 aliphatic carbocycles. The molecule has 0 spiro atoms. The van der Waals surface area contributed by atoms with Crippen LogP contribution in [0.5, 0.6) is 0 Å². The highest BCUT2D eigenvalue weighted by atomic mass is 14.7. The molecule has 29 heavy (non-hydrogen) atoms. The molecule has 164 valence electrons. The molecule has 0 aromatic heterocycles. The summed E-state index contributed by atoms with van der Waals surface area (Å²) in [7, 11) is 0. The summed E-state index contributed by atoms with van der Waals surface area (Å²) in [4.78, 5) is 4.83. The summed E-state index contributed by atoms with van der Waals surface area (Å²) < 4.78 is 0. The monoisotopic (exact) mass is 397 g/mol. The minimum absolute atomic E-state index is 0.140. The summed E-state index contributed by atoms with van der Waals surface area (Å²) in [6.45, 7) is 33.6. The van der Waals surface area contributed by atoms with Gasteiger partial charge in [-0.1, -0.05) is 85.8 Å². The Morgan fingerprint density at radius 2 is 1.59 bits per heavy atom.